The standard InChI is InChI=1S/C11H24N2O2S/c1-6-7-16(14,15)13-9-10(2,3)8(12)11(9,4)5/h8-9,13H,6-7,12H2,1-5H3. The smallest absolute Gasteiger partial charge is 0.211 e. The SMILES string of the molecule is CCCS(=O)(=O)NC1C(C)(C)C(N)C1(C)C. The maximum atomic E-state index is 11.8. The van der Waals surface area contributed by atoms with Crippen molar-refractivity contribution in [1.29, 1.82) is 0 Å². The van der Waals surface area contributed by atoms with Gasteiger partial charge in [-0.1, -0.05) is 34.6 Å². The minimum absolute atomic E-state index is 0.0225. The molecule has 0 spiro atoms. The Bertz CT molecular complexity index is 344. The van der Waals surface area contributed by atoms with Crippen LogP contribution >= 0.6 is 0 Å². The first-order valence-corrected chi connectivity index (χ1v) is 7.46. The van der Waals surface area contributed by atoms with Crippen LogP contribution in [0.15, 0.2) is 0 Å². The largest absolute Gasteiger partial charge is 0.327 e. The third-order valence-corrected chi connectivity index (χ3v) is 5.40. The van der Waals surface area contributed by atoms with Gasteiger partial charge >= 0.3 is 0 Å². The van der Waals surface area contributed by atoms with Crippen molar-refractivity contribution in [2.75, 3.05) is 5.75 Å². The lowest BCUT2D eigenvalue weighted by Gasteiger charge is -2.62. The lowest BCUT2D eigenvalue weighted by molar-refractivity contribution is -0.0593. The van der Waals surface area contributed by atoms with Crippen LogP contribution < -0.4 is 10.5 Å². The third-order valence-electron chi connectivity index (χ3n) is 3.86. The second kappa shape index (κ2) is 3.96. The van der Waals surface area contributed by atoms with Crippen molar-refractivity contribution < 1.29 is 8.42 Å². The van der Waals surface area contributed by atoms with Gasteiger partial charge in [-0.05, 0) is 17.3 Å². The zero-order chi connectivity index (χ0) is 12.8. The van der Waals surface area contributed by atoms with Gasteiger partial charge in [-0.3, -0.25) is 0 Å². The van der Waals surface area contributed by atoms with Gasteiger partial charge in [-0.25, -0.2) is 13.1 Å². The van der Waals surface area contributed by atoms with Crippen LogP contribution in [-0.4, -0.2) is 26.3 Å². The highest BCUT2D eigenvalue weighted by Gasteiger charge is 2.60. The summed E-state index contributed by atoms with van der Waals surface area (Å²) in [4.78, 5) is 0. The number of hydrogen-bond acceptors (Lipinski definition) is 3. The molecule has 0 heterocycles. The highest BCUT2D eigenvalue weighted by molar-refractivity contribution is 7.89. The Morgan fingerprint density at radius 1 is 1.19 bits per heavy atom. The first-order valence-electron chi connectivity index (χ1n) is 5.81. The fraction of sp³-hybridized carbons (Fsp3) is 1.00. The van der Waals surface area contributed by atoms with Gasteiger partial charge in [0.05, 0.1) is 5.75 Å². The molecule has 5 heteroatoms. The molecule has 16 heavy (non-hydrogen) atoms. The first kappa shape index (κ1) is 13.9. The molecule has 0 bridgehead atoms. The summed E-state index contributed by atoms with van der Waals surface area (Å²) in [6.45, 7) is 9.93. The summed E-state index contributed by atoms with van der Waals surface area (Å²) >= 11 is 0. The number of nitrogens with one attached hydrogen (secondary N) is 1. The third kappa shape index (κ3) is 2.13. The number of hydrogen-bond donors (Lipinski definition) is 2. The maximum Gasteiger partial charge on any atom is 0.211 e. The molecule has 0 aromatic heterocycles. The zero-order valence-corrected chi connectivity index (χ0v) is 11.7. The van der Waals surface area contributed by atoms with E-state index < -0.39 is 10.0 Å². The molecule has 4 nitrogen and oxygen atoms in total. The molecule has 0 saturated heterocycles. The van der Waals surface area contributed by atoms with Crippen molar-refractivity contribution in [3.8, 4) is 0 Å². The molecule has 0 atom stereocenters. The van der Waals surface area contributed by atoms with Crippen molar-refractivity contribution in [3.63, 3.8) is 0 Å². The Balaban J connectivity index is 2.83. The van der Waals surface area contributed by atoms with E-state index in [0.29, 0.717) is 6.42 Å². The number of nitrogens with two attached hydrogens (primary N) is 1. The molecular weight excluding hydrogens is 224 g/mol. The van der Waals surface area contributed by atoms with E-state index in [4.69, 9.17) is 5.73 Å². The summed E-state index contributed by atoms with van der Waals surface area (Å²) in [6, 6.07) is -0.0547. The summed E-state index contributed by atoms with van der Waals surface area (Å²) < 4.78 is 26.3. The lowest BCUT2D eigenvalue weighted by atomic mass is 9.49. The van der Waals surface area contributed by atoms with Crippen molar-refractivity contribution in [2.24, 2.45) is 16.6 Å². The first-order chi connectivity index (χ1) is 7.05. The molecule has 0 aliphatic heterocycles. The molecule has 0 aromatic rings. The average molecular weight is 248 g/mol. The van der Waals surface area contributed by atoms with Gasteiger partial charge in [0.2, 0.25) is 10.0 Å². The maximum absolute atomic E-state index is 11.8. The van der Waals surface area contributed by atoms with Gasteiger partial charge in [0.15, 0.2) is 0 Å². The van der Waals surface area contributed by atoms with Gasteiger partial charge in [0, 0.05) is 12.1 Å². The van der Waals surface area contributed by atoms with Gasteiger partial charge in [0.1, 0.15) is 0 Å². The zero-order valence-electron chi connectivity index (χ0n) is 10.9. The van der Waals surface area contributed by atoms with E-state index in [2.05, 4.69) is 4.72 Å². The molecule has 1 aliphatic carbocycles. The summed E-state index contributed by atoms with van der Waals surface area (Å²) in [7, 11) is -3.16. The molecule has 3 N–H and O–H groups in total. The predicted octanol–water partition coefficient (Wildman–Crippen LogP) is 1.08. The van der Waals surface area contributed by atoms with Crippen LogP contribution in [0.1, 0.15) is 41.0 Å². The normalized spacial score (nSPS) is 32.1. The van der Waals surface area contributed by atoms with Crippen LogP contribution in [0.3, 0.4) is 0 Å². The Kier molecular flexibility index (Phi) is 3.45. The van der Waals surface area contributed by atoms with E-state index in [1.54, 1.807) is 0 Å². The average Bonchev–Trinajstić information content (AvgIpc) is 2.12. The monoisotopic (exact) mass is 248 g/mol. The molecule has 1 fully saturated rings. The van der Waals surface area contributed by atoms with Crippen LogP contribution in [0.4, 0.5) is 0 Å². The van der Waals surface area contributed by atoms with Crippen LogP contribution in [-0.2, 0) is 10.0 Å². The summed E-state index contributed by atoms with van der Waals surface area (Å²) in [6.07, 6.45) is 0.634. The molecule has 1 aliphatic rings. The van der Waals surface area contributed by atoms with Crippen molar-refractivity contribution in [3.05, 3.63) is 0 Å². The molecular formula is C11H24N2O2S. The van der Waals surface area contributed by atoms with Crippen molar-refractivity contribution in [1.82, 2.24) is 4.72 Å². The molecule has 96 valence electrons. The van der Waals surface area contributed by atoms with Gasteiger partial charge in [-0.15, -0.1) is 0 Å². The summed E-state index contributed by atoms with van der Waals surface area (Å²) in [5.41, 5.74) is 5.73. The van der Waals surface area contributed by atoms with Crippen molar-refractivity contribution in [2.45, 2.75) is 53.1 Å². The fourth-order valence-corrected chi connectivity index (χ4v) is 4.61. The van der Waals surface area contributed by atoms with E-state index >= 15 is 0 Å². The quantitative estimate of drug-likeness (QED) is 0.782. The van der Waals surface area contributed by atoms with E-state index in [1.807, 2.05) is 34.6 Å². The topological polar surface area (TPSA) is 72.2 Å². The van der Waals surface area contributed by atoms with Gasteiger partial charge in [-0.2, -0.15) is 0 Å². The fourth-order valence-electron chi connectivity index (χ4n) is 2.99. The van der Waals surface area contributed by atoms with Crippen molar-refractivity contribution >= 4 is 10.0 Å². The molecule has 1 rings (SSSR count). The Hall–Kier alpha value is -0.130. The second-order valence-electron chi connectivity index (χ2n) is 5.99. The van der Waals surface area contributed by atoms with E-state index in [-0.39, 0.29) is 28.7 Å². The minimum atomic E-state index is -3.16. The Morgan fingerprint density at radius 3 is 2.00 bits per heavy atom. The van der Waals surface area contributed by atoms with Crippen LogP contribution in [0.2, 0.25) is 0 Å². The second-order valence-corrected chi connectivity index (χ2v) is 7.86. The van der Waals surface area contributed by atoms with Gasteiger partial charge < -0.3 is 5.73 Å². The Morgan fingerprint density at radius 2 is 1.62 bits per heavy atom. The van der Waals surface area contributed by atoms with E-state index in [9.17, 15) is 8.42 Å². The van der Waals surface area contributed by atoms with Crippen LogP contribution in [0.5, 0.6) is 0 Å². The molecule has 0 radical (unpaired) electrons. The van der Waals surface area contributed by atoms with Crippen LogP contribution in [0, 0.1) is 10.8 Å². The molecule has 0 unspecified atom stereocenters. The highest BCUT2D eigenvalue weighted by Crippen LogP contribution is 2.52. The molecule has 1 saturated carbocycles. The minimum Gasteiger partial charge on any atom is -0.327 e. The highest BCUT2D eigenvalue weighted by atomic mass is 32.2. The molecule has 0 aromatic carbocycles. The predicted molar refractivity (Wildman–Crippen MR) is 66.5 cm³/mol. The molecule has 0 amide bonds. The lowest BCUT2D eigenvalue weighted by Crippen LogP contribution is -2.76. The van der Waals surface area contributed by atoms with E-state index in [0.717, 1.165) is 0 Å². The summed E-state index contributed by atoms with van der Waals surface area (Å²) in [5, 5.41) is 0. The van der Waals surface area contributed by atoms with E-state index in [1.165, 1.54) is 0 Å². The van der Waals surface area contributed by atoms with Gasteiger partial charge in [0.25, 0.3) is 0 Å². The Labute approximate surface area is 99.0 Å². The number of rotatable bonds is 4. The van der Waals surface area contributed by atoms with Crippen LogP contribution in [0.25, 0.3) is 0 Å². The summed E-state index contributed by atoms with van der Waals surface area (Å²) in [5.74, 6) is 0.185. The number of sulfonamides is 1.